The maximum Gasteiger partial charge on any atom is 2.00 e. The summed E-state index contributed by atoms with van der Waals surface area (Å²) in [6, 6.07) is 72.0. The van der Waals surface area contributed by atoms with Crippen molar-refractivity contribution in [3.05, 3.63) is 245 Å². The topological polar surface area (TPSA) is 44.8 Å². The molecule has 3 heterocycles. The fourth-order valence-corrected chi connectivity index (χ4v) is 11.2. The van der Waals surface area contributed by atoms with Crippen molar-refractivity contribution in [2.75, 3.05) is 0 Å². The molecule has 0 radical (unpaired) electrons. The Kier molecular flexibility index (Phi) is 10.4. The number of nitrogens with zero attached hydrogens (tertiary/aromatic N) is 4. The summed E-state index contributed by atoms with van der Waals surface area (Å²) in [4.78, 5) is 16.5. The minimum atomic E-state index is -0.703. The van der Waals surface area contributed by atoms with Gasteiger partial charge in [-0.1, -0.05) is 186 Å². The van der Waals surface area contributed by atoms with Crippen LogP contribution in [0.3, 0.4) is 0 Å². The van der Waals surface area contributed by atoms with Gasteiger partial charge in [0.05, 0.1) is 22.1 Å². The molecule has 0 bridgehead atoms. The van der Waals surface area contributed by atoms with Gasteiger partial charge in [0.25, 0.3) is 0 Å². The van der Waals surface area contributed by atoms with Crippen molar-refractivity contribution in [1.82, 2.24) is 19.5 Å². The van der Waals surface area contributed by atoms with Crippen LogP contribution in [0.5, 0.6) is 0 Å². The second-order valence-corrected chi connectivity index (χ2v) is 19.8. The molecule has 8 aromatic carbocycles. The average Bonchev–Trinajstić information content (AvgIpc) is 4.03. The Morgan fingerprint density at radius 2 is 1.24 bits per heavy atom. The number of hydrogen-bond acceptors (Lipinski definition) is 2. The molecule has 0 amide bonds. The third-order valence-corrected chi connectivity index (χ3v) is 14.4. The quantitative estimate of drug-likeness (QED) is 0.149. The van der Waals surface area contributed by atoms with Gasteiger partial charge in [-0.3, -0.25) is 9.55 Å². The molecular formula is C63H50N4Pt. The van der Waals surface area contributed by atoms with Crippen LogP contribution < -0.4 is 4.98 Å². The van der Waals surface area contributed by atoms with E-state index in [-0.39, 0.29) is 26.5 Å². The number of aromatic nitrogens is 4. The van der Waals surface area contributed by atoms with E-state index in [1.807, 2.05) is 6.20 Å². The molecule has 1 aliphatic rings. The van der Waals surface area contributed by atoms with Crippen LogP contribution in [0.15, 0.2) is 194 Å². The van der Waals surface area contributed by atoms with Crippen molar-refractivity contribution < 1.29 is 21.1 Å². The monoisotopic (exact) mass is 1060 g/mol. The fraction of sp³-hybridized carbons (Fsp3) is 0.143. The second kappa shape index (κ2) is 16.3. The Morgan fingerprint density at radius 3 is 1.94 bits per heavy atom. The van der Waals surface area contributed by atoms with Crippen LogP contribution in [0.4, 0.5) is 0 Å². The van der Waals surface area contributed by atoms with Crippen molar-refractivity contribution >= 4 is 32.8 Å². The van der Waals surface area contributed by atoms with Crippen molar-refractivity contribution in [1.29, 1.82) is 0 Å². The molecule has 5 heteroatoms. The van der Waals surface area contributed by atoms with Crippen molar-refractivity contribution in [2.24, 2.45) is 0 Å². The van der Waals surface area contributed by atoms with Crippen LogP contribution in [0.2, 0.25) is 0 Å². The number of benzene rings is 8. The fourth-order valence-electron chi connectivity index (χ4n) is 11.2. The first kappa shape index (κ1) is 43.4. The minimum Gasteiger partial charge on any atom is -0.656 e. The molecule has 0 fully saturated rings. The molecular weight excluding hydrogens is 1010 g/mol. The zero-order valence-corrected chi connectivity index (χ0v) is 41.4. The van der Waals surface area contributed by atoms with Gasteiger partial charge in [0.1, 0.15) is 5.82 Å². The largest absolute Gasteiger partial charge is 2.00 e. The predicted octanol–water partition coefficient (Wildman–Crippen LogP) is 15.1. The van der Waals surface area contributed by atoms with Crippen molar-refractivity contribution in [3.63, 3.8) is 0 Å². The van der Waals surface area contributed by atoms with Gasteiger partial charge < -0.3 is 4.98 Å². The van der Waals surface area contributed by atoms with Gasteiger partial charge in [0.2, 0.25) is 0 Å². The van der Waals surface area contributed by atoms with Crippen LogP contribution in [0.25, 0.3) is 72.2 Å². The first-order valence-electron chi connectivity index (χ1n) is 23.4. The normalized spacial score (nSPS) is 13.1. The van der Waals surface area contributed by atoms with E-state index in [9.17, 15) is 0 Å². The number of rotatable bonds is 7. The molecule has 332 valence electrons. The summed E-state index contributed by atoms with van der Waals surface area (Å²) in [6.45, 7) is 13.7. The molecule has 0 aliphatic heterocycles. The molecule has 0 atom stereocenters. The zero-order chi connectivity index (χ0) is 45.7. The molecule has 11 aromatic rings. The van der Waals surface area contributed by atoms with Crippen molar-refractivity contribution in [2.45, 2.75) is 57.8 Å². The van der Waals surface area contributed by atoms with Crippen LogP contribution in [-0.2, 0) is 37.3 Å². The van der Waals surface area contributed by atoms with Gasteiger partial charge >= 0.3 is 21.1 Å². The van der Waals surface area contributed by atoms with E-state index in [0.29, 0.717) is 0 Å². The number of fused-ring (bicyclic) bond motifs is 7. The number of aryl methyl sites for hydroxylation is 1. The summed E-state index contributed by atoms with van der Waals surface area (Å²) in [5.41, 5.74) is 18.5. The smallest absolute Gasteiger partial charge is 0.656 e. The molecule has 12 rings (SSSR count). The van der Waals surface area contributed by atoms with E-state index >= 15 is 0 Å². The van der Waals surface area contributed by atoms with Gasteiger partial charge in [-0.15, -0.1) is 46.4 Å². The third kappa shape index (κ3) is 6.52. The predicted molar refractivity (Wildman–Crippen MR) is 276 cm³/mol. The van der Waals surface area contributed by atoms with E-state index in [1.54, 1.807) is 0 Å². The first-order chi connectivity index (χ1) is 32.5. The summed E-state index contributed by atoms with van der Waals surface area (Å²) < 4.78 is 2.39. The Balaban J connectivity index is 0.00000507. The van der Waals surface area contributed by atoms with E-state index in [0.717, 1.165) is 72.5 Å². The van der Waals surface area contributed by atoms with E-state index < -0.39 is 10.8 Å². The summed E-state index contributed by atoms with van der Waals surface area (Å²) in [5, 5.41) is 2.35. The Hall–Kier alpha value is -7.13. The number of hydrogen-bond donors (Lipinski definition) is 0. The van der Waals surface area contributed by atoms with Gasteiger partial charge in [-0.2, -0.15) is 0 Å². The zero-order valence-electron chi connectivity index (χ0n) is 39.1. The minimum absolute atomic E-state index is 0. The summed E-state index contributed by atoms with van der Waals surface area (Å²) in [7, 11) is 0. The Labute approximate surface area is 413 Å². The molecule has 4 nitrogen and oxygen atoms in total. The van der Waals surface area contributed by atoms with E-state index in [4.69, 9.17) is 15.0 Å². The SMILES string of the molecule is Cc1ccnc(C2(c3[c-]c(-c4ccc(C(C)(C)c5ccccc5)c5c4nc(-c4cccc6c4[n-]c4cccc(C(C)(C)C)c46)n5-c4ccccc4)ccc3)c3ccccc3-c3ccccc32)c1.[Pt+2]. The number of imidazole rings is 1. The molecule has 0 spiro atoms. The number of pyridine rings is 1. The molecule has 0 N–H and O–H groups in total. The standard InChI is InChI=1S/C63H50N4.Pt/c1-40-36-37-64-55(38-40)63(50-30-15-13-26-46(50)47-27-14-16-31-51(47)63)43-23-17-20-41(39-43)45-34-35-53(62(5,6)42-21-9-7-10-22-42)59-58(45)66-60(67(59)44-24-11-8-12-25-44)49-29-18-28-48-56-52(61(2,3)4)32-19-33-54(56)65-57(48)49;/h7-38H,1-6H3;/q-2;+2. The molecule has 68 heavy (non-hydrogen) atoms. The average molecular weight is 1060 g/mol. The Morgan fingerprint density at radius 1 is 0.588 bits per heavy atom. The van der Waals surface area contributed by atoms with Gasteiger partial charge in [-0.05, 0) is 91.9 Å². The van der Waals surface area contributed by atoms with Crippen LogP contribution in [0, 0.1) is 13.0 Å². The number of para-hydroxylation sites is 2. The van der Waals surface area contributed by atoms with Crippen LogP contribution >= 0.6 is 0 Å². The summed E-state index contributed by atoms with van der Waals surface area (Å²) in [6.07, 6.45) is 1.95. The Bertz CT molecular complexity index is 3670. The third-order valence-electron chi connectivity index (χ3n) is 14.4. The summed E-state index contributed by atoms with van der Waals surface area (Å²) in [5.74, 6) is 0.847. The van der Waals surface area contributed by atoms with E-state index in [2.05, 4.69) is 240 Å². The van der Waals surface area contributed by atoms with Crippen LogP contribution in [-0.4, -0.2) is 14.5 Å². The maximum atomic E-state index is 5.87. The van der Waals surface area contributed by atoms with Crippen molar-refractivity contribution in [3.8, 4) is 39.3 Å². The van der Waals surface area contributed by atoms with E-state index in [1.165, 1.54) is 44.3 Å². The second-order valence-electron chi connectivity index (χ2n) is 19.8. The molecule has 3 aromatic heterocycles. The van der Waals surface area contributed by atoms with Gasteiger partial charge in [0, 0.05) is 22.9 Å². The van der Waals surface area contributed by atoms with Gasteiger partial charge in [-0.25, -0.2) is 4.98 Å². The molecule has 0 unspecified atom stereocenters. The van der Waals surface area contributed by atoms with Gasteiger partial charge in [0.15, 0.2) is 0 Å². The summed E-state index contributed by atoms with van der Waals surface area (Å²) >= 11 is 0. The van der Waals surface area contributed by atoms with Crippen LogP contribution in [0.1, 0.15) is 79.3 Å². The first-order valence-corrected chi connectivity index (χ1v) is 23.4. The maximum absolute atomic E-state index is 5.87. The molecule has 0 saturated heterocycles. The molecule has 1 aliphatic carbocycles. The molecule has 0 saturated carbocycles.